The largest absolute Gasteiger partial charge is 0.322 e. The summed E-state index contributed by atoms with van der Waals surface area (Å²) < 4.78 is 1.78. The molecule has 0 unspecified atom stereocenters. The van der Waals surface area contributed by atoms with Crippen molar-refractivity contribution in [1.82, 2.24) is 14.8 Å². The van der Waals surface area contributed by atoms with Crippen LogP contribution in [0.5, 0.6) is 0 Å². The summed E-state index contributed by atoms with van der Waals surface area (Å²) in [5, 5.41) is 7.73. The van der Waals surface area contributed by atoms with E-state index < -0.39 is 0 Å². The van der Waals surface area contributed by atoms with Crippen molar-refractivity contribution in [3.63, 3.8) is 0 Å². The molecule has 0 atom stereocenters. The van der Waals surface area contributed by atoms with Crippen molar-refractivity contribution in [3.05, 3.63) is 47.0 Å². The summed E-state index contributed by atoms with van der Waals surface area (Å²) in [7, 11) is 0. The smallest absolute Gasteiger partial charge is 0.248 e. The summed E-state index contributed by atoms with van der Waals surface area (Å²) in [5.41, 5.74) is 2.29. The Morgan fingerprint density at radius 2 is 2.14 bits per heavy atom. The predicted octanol–water partition coefficient (Wildman–Crippen LogP) is 3.69. The van der Waals surface area contributed by atoms with Crippen molar-refractivity contribution in [3.8, 4) is 0 Å². The maximum Gasteiger partial charge on any atom is 0.248 e. The van der Waals surface area contributed by atoms with Crippen molar-refractivity contribution in [2.24, 2.45) is 0 Å². The fraction of sp³-hybridized carbons (Fsp3) is 0.312. The molecule has 0 aliphatic carbocycles. The van der Waals surface area contributed by atoms with Crippen LogP contribution in [0.2, 0.25) is 5.15 Å². The van der Waals surface area contributed by atoms with E-state index in [0.717, 1.165) is 30.6 Å². The number of aryl methyl sites for hydroxylation is 2. The van der Waals surface area contributed by atoms with Gasteiger partial charge < -0.3 is 5.32 Å². The lowest BCUT2D eigenvalue weighted by Gasteiger charge is -2.01. The number of pyridine rings is 1. The fourth-order valence-corrected chi connectivity index (χ4v) is 2.31. The molecule has 0 aliphatic heterocycles. The first-order valence-corrected chi connectivity index (χ1v) is 7.61. The average Bonchev–Trinajstić information content (AvgIpc) is 2.78. The second-order valence-electron chi connectivity index (χ2n) is 4.93. The van der Waals surface area contributed by atoms with Gasteiger partial charge in [-0.1, -0.05) is 24.9 Å². The minimum atomic E-state index is -0.219. The number of aromatic nitrogens is 3. The molecule has 1 amide bonds. The van der Waals surface area contributed by atoms with Gasteiger partial charge in [-0.3, -0.25) is 14.5 Å². The highest BCUT2D eigenvalue weighted by molar-refractivity contribution is 6.31. The molecule has 2 aromatic rings. The van der Waals surface area contributed by atoms with Crippen LogP contribution in [0.4, 0.5) is 5.69 Å². The standard InChI is InChI=1S/C16H19ClN4O/c1-3-4-11-21-16(17)14(12(2)20-21)5-6-15(22)19-13-7-9-18-10-8-13/h5-10H,3-4,11H2,1-2H3,(H,18,19,22)/b6-5+. The van der Waals surface area contributed by atoms with Gasteiger partial charge in [-0.2, -0.15) is 5.10 Å². The Balaban J connectivity index is 2.06. The molecule has 0 saturated carbocycles. The Kier molecular flexibility index (Phi) is 5.72. The first kappa shape index (κ1) is 16.2. The molecule has 0 spiro atoms. The zero-order valence-electron chi connectivity index (χ0n) is 12.7. The fourth-order valence-electron chi connectivity index (χ4n) is 1.99. The maximum atomic E-state index is 11.9. The van der Waals surface area contributed by atoms with Gasteiger partial charge in [0.25, 0.3) is 0 Å². The average molecular weight is 319 g/mol. The molecule has 0 radical (unpaired) electrons. The summed E-state index contributed by atoms with van der Waals surface area (Å²) in [6.07, 6.45) is 8.50. The van der Waals surface area contributed by atoms with E-state index in [1.807, 2.05) is 6.92 Å². The number of unbranched alkanes of at least 4 members (excludes halogenated alkanes) is 1. The van der Waals surface area contributed by atoms with Gasteiger partial charge in [0, 0.05) is 36.3 Å². The van der Waals surface area contributed by atoms with Crippen LogP contribution < -0.4 is 5.32 Å². The lowest BCUT2D eigenvalue weighted by molar-refractivity contribution is -0.111. The van der Waals surface area contributed by atoms with E-state index in [9.17, 15) is 4.79 Å². The van der Waals surface area contributed by atoms with Crippen LogP contribution in [0.15, 0.2) is 30.6 Å². The van der Waals surface area contributed by atoms with E-state index in [1.54, 1.807) is 35.3 Å². The van der Waals surface area contributed by atoms with Gasteiger partial charge >= 0.3 is 0 Å². The molecule has 22 heavy (non-hydrogen) atoms. The van der Waals surface area contributed by atoms with E-state index in [-0.39, 0.29) is 5.91 Å². The number of rotatable bonds is 6. The van der Waals surface area contributed by atoms with Gasteiger partial charge in [0.05, 0.1) is 5.69 Å². The summed E-state index contributed by atoms with van der Waals surface area (Å²) in [6, 6.07) is 3.46. The van der Waals surface area contributed by atoms with Gasteiger partial charge in [0.1, 0.15) is 5.15 Å². The second-order valence-corrected chi connectivity index (χ2v) is 5.28. The first-order valence-electron chi connectivity index (χ1n) is 7.23. The lowest BCUT2D eigenvalue weighted by Crippen LogP contribution is -2.07. The highest BCUT2D eigenvalue weighted by Gasteiger charge is 2.10. The molecule has 0 fully saturated rings. The monoisotopic (exact) mass is 318 g/mol. The van der Waals surface area contributed by atoms with Crippen LogP contribution >= 0.6 is 11.6 Å². The Hall–Kier alpha value is -2.14. The number of amides is 1. The van der Waals surface area contributed by atoms with Crippen LogP contribution in [0.25, 0.3) is 6.08 Å². The summed E-state index contributed by atoms with van der Waals surface area (Å²) >= 11 is 6.32. The van der Waals surface area contributed by atoms with Gasteiger partial charge in [-0.15, -0.1) is 0 Å². The summed E-state index contributed by atoms with van der Waals surface area (Å²) in [6.45, 7) is 4.79. The van der Waals surface area contributed by atoms with Crippen molar-refractivity contribution in [1.29, 1.82) is 0 Å². The number of hydrogen-bond acceptors (Lipinski definition) is 3. The number of halogens is 1. The molecular formula is C16H19ClN4O. The first-order chi connectivity index (χ1) is 10.6. The summed E-state index contributed by atoms with van der Waals surface area (Å²) in [5.74, 6) is -0.219. The predicted molar refractivity (Wildman–Crippen MR) is 88.8 cm³/mol. The summed E-state index contributed by atoms with van der Waals surface area (Å²) in [4.78, 5) is 15.8. The molecule has 2 heterocycles. The molecule has 116 valence electrons. The highest BCUT2D eigenvalue weighted by atomic mass is 35.5. The Morgan fingerprint density at radius 1 is 1.41 bits per heavy atom. The Labute approximate surface area is 135 Å². The number of carbonyl (C=O) groups excluding carboxylic acids is 1. The molecule has 0 bridgehead atoms. The van der Waals surface area contributed by atoms with E-state index in [4.69, 9.17) is 11.6 Å². The zero-order valence-corrected chi connectivity index (χ0v) is 13.5. The molecular weight excluding hydrogens is 300 g/mol. The third-order valence-electron chi connectivity index (χ3n) is 3.18. The SMILES string of the molecule is CCCCn1nc(C)c(/C=C/C(=O)Nc2ccncc2)c1Cl. The number of hydrogen-bond donors (Lipinski definition) is 1. The van der Waals surface area contributed by atoms with Crippen molar-refractivity contribution >= 4 is 29.3 Å². The second kappa shape index (κ2) is 7.75. The minimum Gasteiger partial charge on any atom is -0.322 e. The number of anilines is 1. The van der Waals surface area contributed by atoms with Gasteiger partial charge in [0.15, 0.2) is 0 Å². The van der Waals surface area contributed by atoms with E-state index >= 15 is 0 Å². The Morgan fingerprint density at radius 3 is 2.82 bits per heavy atom. The zero-order chi connectivity index (χ0) is 15.9. The normalized spacial score (nSPS) is 11.0. The molecule has 2 aromatic heterocycles. The topological polar surface area (TPSA) is 59.8 Å². The molecule has 2 rings (SSSR count). The number of nitrogens with zero attached hydrogens (tertiary/aromatic N) is 3. The quantitative estimate of drug-likeness (QED) is 0.826. The van der Waals surface area contributed by atoms with Crippen molar-refractivity contribution in [2.75, 3.05) is 5.32 Å². The van der Waals surface area contributed by atoms with E-state index in [2.05, 4.69) is 22.3 Å². The van der Waals surface area contributed by atoms with Gasteiger partial charge in [0.2, 0.25) is 5.91 Å². The molecule has 0 saturated heterocycles. The number of nitrogens with one attached hydrogen (secondary N) is 1. The van der Waals surface area contributed by atoms with Crippen LogP contribution in [-0.4, -0.2) is 20.7 Å². The lowest BCUT2D eigenvalue weighted by atomic mass is 10.2. The van der Waals surface area contributed by atoms with Crippen LogP contribution in [-0.2, 0) is 11.3 Å². The molecule has 0 aliphatic rings. The van der Waals surface area contributed by atoms with Crippen molar-refractivity contribution in [2.45, 2.75) is 33.2 Å². The Bertz CT molecular complexity index is 664. The maximum absolute atomic E-state index is 11.9. The number of carbonyl (C=O) groups is 1. The van der Waals surface area contributed by atoms with E-state index in [0.29, 0.717) is 10.8 Å². The van der Waals surface area contributed by atoms with Crippen LogP contribution in [0, 0.1) is 6.92 Å². The van der Waals surface area contributed by atoms with Crippen molar-refractivity contribution < 1.29 is 4.79 Å². The third-order valence-corrected chi connectivity index (χ3v) is 3.58. The van der Waals surface area contributed by atoms with Crippen LogP contribution in [0.3, 0.4) is 0 Å². The minimum absolute atomic E-state index is 0.219. The molecule has 6 heteroatoms. The molecule has 0 aromatic carbocycles. The molecule has 5 nitrogen and oxygen atoms in total. The van der Waals surface area contributed by atoms with Crippen LogP contribution in [0.1, 0.15) is 31.0 Å². The van der Waals surface area contributed by atoms with Gasteiger partial charge in [-0.25, -0.2) is 0 Å². The molecule has 1 N–H and O–H groups in total. The highest BCUT2D eigenvalue weighted by Crippen LogP contribution is 2.21. The van der Waals surface area contributed by atoms with Gasteiger partial charge in [-0.05, 0) is 31.6 Å². The van der Waals surface area contributed by atoms with E-state index in [1.165, 1.54) is 6.08 Å². The third kappa shape index (κ3) is 4.18.